The molecule has 0 bridgehead atoms. The van der Waals surface area contributed by atoms with Crippen LogP contribution in [0.2, 0.25) is 0 Å². The Hall–Kier alpha value is -3.74. The minimum Gasteiger partial charge on any atom is -0.763 e. The van der Waals surface area contributed by atoms with Crippen LogP contribution >= 0.6 is 11.3 Å². The molecule has 0 radical (unpaired) electrons. The largest absolute Gasteiger partial charge is 0.763 e. The van der Waals surface area contributed by atoms with Gasteiger partial charge in [0.2, 0.25) is 0 Å². The van der Waals surface area contributed by atoms with Gasteiger partial charge in [-0.3, -0.25) is 10.9 Å². The van der Waals surface area contributed by atoms with E-state index >= 15 is 0 Å². The summed E-state index contributed by atoms with van der Waals surface area (Å²) >= 11 is 1.30. The number of carboxylic acid groups (broad SMARTS) is 1. The third-order valence-electron chi connectivity index (χ3n) is 3.77. The van der Waals surface area contributed by atoms with E-state index in [-0.39, 0.29) is 16.9 Å². The molecule has 2 aromatic carbocycles. The van der Waals surface area contributed by atoms with E-state index in [2.05, 4.69) is 9.98 Å². The van der Waals surface area contributed by atoms with Crippen LogP contribution in [-0.4, -0.2) is 40.4 Å². The summed E-state index contributed by atoms with van der Waals surface area (Å²) in [6, 6.07) is 11.4. The van der Waals surface area contributed by atoms with Gasteiger partial charge in [0, 0.05) is 22.7 Å². The van der Waals surface area contributed by atoms with Crippen LogP contribution < -0.4 is 4.74 Å². The highest BCUT2D eigenvalue weighted by molar-refractivity contribution is 7.11. The number of aliphatic imine (C=N–C) groups is 1. The van der Waals surface area contributed by atoms with Gasteiger partial charge in [0.1, 0.15) is 22.1 Å². The van der Waals surface area contributed by atoms with E-state index in [1.165, 1.54) is 35.8 Å². The molecule has 0 amide bonds. The molecule has 0 fully saturated rings. The van der Waals surface area contributed by atoms with Gasteiger partial charge >= 0.3 is 5.97 Å². The van der Waals surface area contributed by atoms with Gasteiger partial charge in [-0.05, 0) is 30.3 Å². The highest BCUT2D eigenvalue weighted by Gasteiger charge is 2.10. The smallest absolute Gasteiger partial charge is 0.339 e. The predicted octanol–water partition coefficient (Wildman–Crippen LogP) is 4.25. The summed E-state index contributed by atoms with van der Waals surface area (Å²) < 4.78 is 5.21. The third kappa shape index (κ3) is 4.15. The molecule has 1 heterocycles. The second-order valence-electron chi connectivity index (χ2n) is 5.56. The van der Waals surface area contributed by atoms with Crippen LogP contribution in [0.15, 0.2) is 52.8 Å². The van der Waals surface area contributed by atoms with Crippen LogP contribution in [0, 0.1) is 0 Å². The number of hydrogen-bond donors (Lipinski definition) is 2. The molecule has 3 aromatic rings. The monoisotopic (exact) mass is 392 g/mol. The minimum absolute atomic E-state index is 0.240. The summed E-state index contributed by atoms with van der Waals surface area (Å²) in [6.45, 7) is 0. The van der Waals surface area contributed by atoms with E-state index in [0.717, 1.165) is 5.56 Å². The Kier molecular flexibility index (Phi) is 5.64. The highest BCUT2D eigenvalue weighted by atomic mass is 32.1. The lowest BCUT2D eigenvalue weighted by atomic mass is 10.1. The summed E-state index contributed by atoms with van der Waals surface area (Å²) in [6.07, 6.45) is 1.33. The van der Waals surface area contributed by atoms with Crippen molar-refractivity contribution in [1.29, 1.82) is 0 Å². The van der Waals surface area contributed by atoms with Crippen LogP contribution in [0.1, 0.15) is 15.4 Å². The Morgan fingerprint density at radius 1 is 1.32 bits per heavy atom. The van der Waals surface area contributed by atoms with Gasteiger partial charge in [-0.2, -0.15) is 0 Å². The zero-order valence-corrected chi connectivity index (χ0v) is 15.5. The van der Waals surface area contributed by atoms with Crippen molar-refractivity contribution in [2.45, 2.75) is 0 Å². The van der Waals surface area contributed by atoms with Crippen LogP contribution in [0.4, 0.5) is 5.69 Å². The number of allylic oxidation sites excluding steroid dienone is 1. The lowest BCUT2D eigenvalue weighted by Crippen LogP contribution is -1.96. The second kappa shape index (κ2) is 8.30. The summed E-state index contributed by atoms with van der Waals surface area (Å²) in [4.78, 5) is 19.7. The third-order valence-corrected chi connectivity index (χ3v) is 4.65. The molecule has 2 N–H and O–H groups in total. The van der Waals surface area contributed by atoms with Gasteiger partial charge in [-0.15, -0.1) is 11.3 Å². The first kappa shape index (κ1) is 19.0. The van der Waals surface area contributed by atoms with Crippen LogP contribution in [0.25, 0.3) is 22.2 Å². The lowest BCUT2D eigenvalue weighted by molar-refractivity contribution is 0.0694. The second-order valence-corrected chi connectivity index (χ2v) is 6.42. The zero-order chi connectivity index (χ0) is 20.1. The standard InChI is InChI=1S/C20H14N3O4S/c1-27-15-4-2-3-12(7-15)17-11-28-19(23-17)13(9-21)10-22-14-5-6-18(24)16(8-14)20(25)26/h2-8,10-11,24H,1H3,(H,25,26)/q-1. The van der Waals surface area contributed by atoms with Gasteiger partial charge in [-0.25, -0.2) is 9.78 Å². The van der Waals surface area contributed by atoms with E-state index in [1.807, 2.05) is 35.5 Å². The molecule has 0 aliphatic carbocycles. The fourth-order valence-electron chi connectivity index (χ4n) is 2.36. The van der Waals surface area contributed by atoms with Crippen molar-refractivity contribution in [2.75, 3.05) is 7.11 Å². The molecule has 140 valence electrons. The molecule has 0 aliphatic rings. The van der Waals surface area contributed by atoms with Crippen LogP contribution in [0.3, 0.4) is 0 Å². The molecule has 0 saturated carbocycles. The average molecular weight is 392 g/mol. The Balaban J connectivity index is 1.86. The number of thiazole rings is 1. The Morgan fingerprint density at radius 2 is 2.14 bits per heavy atom. The maximum absolute atomic E-state index is 11.1. The average Bonchev–Trinajstić information content (AvgIpc) is 3.19. The molecule has 3 rings (SSSR count). The first-order chi connectivity index (χ1) is 13.5. The number of benzene rings is 2. The highest BCUT2D eigenvalue weighted by Crippen LogP contribution is 2.28. The summed E-state index contributed by atoms with van der Waals surface area (Å²) in [5, 5.41) is 30.4. The van der Waals surface area contributed by atoms with E-state index in [0.29, 0.717) is 22.1 Å². The minimum atomic E-state index is -1.26. The zero-order valence-electron chi connectivity index (χ0n) is 14.7. The van der Waals surface area contributed by atoms with Crippen LogP contribution in [0.5, 0.6) is 11.5 Å². The molecule has 0 spiro atoms. The maximum Gasteiger partial charge on any atom is 0.339 e. The van der Waals surface area contributed by atoms with E-state index in [1.54, 1.807) is 7.11 Å². The number of hydrogen-bond acceptors (Lipinski definition) is 6. The van der Waals surface area contributed by atoms with E-state index in [9.17, 15) is 15.3 Å². The molecule has 0 aliphatic heterocycles. The van der Waals surface area contributed by atoms with Gasteiger partial charge < -0.3 is 20.4 Å². The van der Waals surface area contributed by atoms with E-state index in [4.69, 9.17) is 9.84 Å². The van der Waals surface area contributed by atoms with E-state index < -0.39 is 5.97 Å². The quantitative estimate of drug-likeness (QED) is 0.609. The van der Waals surface area contributed by atoms with Crippen LogP contribution in [-0.2, 0) is 0 Å². The molecular formula is C20H14N3O4S-. The number of aromatic hydroxyl groups is 1. The first-order valence-corrected chi connectivity index (χ1v) is 8.87. The van der Waals surface area contributed by atoms with Crippen molar-refractivity contribution in [3.8, 4) is 22.8 Å². The van der Waals surface area contributed by atoms with Crippen molar-refractivity contribution in [1.82, 2.24) is 4.98 Å². The number of rotatable bonds is 6. The van der Waals surface area contributed by atoms with Gasteiger partial charge in [0.05, 0.1) is 18.5 Å². The number of nitrogens with zero attached hydrogens (tertiary/aromatic N) is 3. The molecule has 7 nitrogen and oxygen atoms in total. The fraction of sp³-hybridized carbons (Fsp3) is 0.0500. The van der Waals surface area contributed by atoms with Gasteiger partial charge in [-0.1, -0.05) is 12.1 Å². The SMILES string of the molecule is COc1cccc(-c2csc(C(=C=[N-])C=Nc3ccc(O)c(C(=O)O)c3)n2)c1. The molecule has 28 heavy (non-hydrogen) atoms. The fourth-order valence-corrected chi connectivity index (χ4v) is 3.15. The van der Waals surface area contributed by atoms with Gasteiger partial charge in [0.15, 0.2) is 0 Å². The Labute approximate surface area is 164 Å². The predicted molar refractivity (Wildman–Crippen MR) is 109 cm³/mol. The Morgan fingerprint density at radius 3 is 2.86 bits per heavy atom. The van der Waals surface area contributed by atoms with Crippen molar-refractivity contribution in [3.63, 3.8) is 0 Å². The number of phenols is 1. The summed E-state index contributed by atoms with van der Waals surface area (Å²) in [5.74, 6) is 1.15. The van der Waals surface area contributed by atoms with Crippen molar-refractivity contribution in [2.24, 2.45) is 4.99 Å². The summed E-state index contributed by atoms with van der Waals surface area (Å²) in [7, 11) is 1.59. The molecular weight excluding hydrogens is 378 g/mol. The number of aromatic nitrogens is 1. The number of carboxylic acids is 1. The first-order valence-electron chi connectivity index (χ1n) is 7.99. The maximum atomic E-state index is 11.1. The lowest BCUT2D eigenvalue weighted by Gasteiger charge is -2.02. The summed E-state index contributed by atoms with van der Waals surface area (Å²) in [5.41, 5.74) is 1.85. The molecule has 1 aromatic heterocycles. The van der Waals surface area contributed by atoms with Crippen molar-refractivity contribution < 1.29 is 19.7 Å². The Bertz CT molecular complexity index is 1110. The number of carbonyl (C=O) groups is 1. The topological polar surface area (TPSA) is 114 Å². The number of ether oxygens (including phenoxy) is 1. The molecule has 0 atom stereocenters. The van der Waals surface area contributed by atoms with Crippen molar-refractivity contribution in [3.05, 3.63) is 63.8 Å². The number of methoxy groups -OCH3 is 1. The molecule has 0 saturated heterocycles. The van der Waals surface area contributed by atoms with Gasteiger partial charge in [0.25, 0.3) is 0 Å². The number of aromatic carboxylic acids is 1. The van der Waals surface area contributed by atoms with Crippen molar-refractivity contribution >= 4 is 40.7 Å². The molecule has 8 heteroatoms. The molecule has 0 unspecified atom stereocenters. The normalized spacial score (nSPS) is 10.6.